The van der Waals surface area contributed by atoms with Crippen molar-refractivity contribution in [3.63, 3.8) is 0 Å². The summed E-state index contributed by atoms with van der Waals surface area (Å²) in [6, 6.07) is 18.4. The van der Waals surface area contributed by atoms with E-state index in [9.17, 15) is 22.8 Å². The van der Waals surface area contributed by atoms with Crippen molar-refractivity contribution in [1.82, 2.24) is 0 Å². The van der Waals surface area contributed by atoms with Crippen LogP contribution in [0.4, 0.5) is 24.5 Å². The van der Waals surface area contributed by atoms with Crippen molar-refractivity contribution in [2.75, 3.05) is 16.0 Å². The lowest BCUT2D eigenvalue weighted by Crippen LogP contribution is -2.31. The molecule has 0 spiro atoms. The smallest absolute Gasteiger partial charge is 0.406 e. The molecule has 1 aliphatic heterocycles. The number of benzene rings is 3. The van der Waals surface area contributed by atoms with Gasteiger partial charge in [0.25, 0.3) is 5.91 Å². The molecule has 0 aliphatic carbocycles. The molecule has 0 bridgehead atoms. The van der Waals surface area contributed by atoms with Crippen LogP contribution in [-0.4, -0.2) is 29.1 Å². The Bertz CT molecular complexity index is 1380. The molecule has 0 radical (unpaired) electrons. The van der Waals surface area contributed by atoms with Crippen molar-refractivity contribution < 1.29 is 27.5 Å². The van der Waals surface area contributed by atoms with E-state index in [0.29, 0.717) is 21.3 Å². The van der Waals surface area contributed by atoms with E-state index in [-0.39, 0.29) is 22.3 Å². The second kappa shape index (κ2) is 11.3. The lowest BCUT2D eigenvalue weighted by molar-refractivity contribution is -0.274. The fraction of sp³-hybridized carbons (Fsp3) is 0.0800. The number of thioether (sulfide) groups is 1. The third-order valence-corrected chi connectivity index (χ3v) is 6.30. The quantitative estimate of drug-likeness (QED) is 0.326. The number of alkyl halides is 3. The molecule has 4 rings (SSSR count). The number of nitrogens with zero attached hydrogens (tertiary/aromatic N) is 2. The van der Waals surface area contributed by atoms with Crippen LogP contribution in [0.3, 0.4) is 0 Å². The molecule has 1 aliphatic rings. The molecule has 1 N–H and O–H groups in total. The van der Waals surface area contributed by atoms with Crippen LogP contribution in [0.15, 0.2) is 83.5 Å². The Balaban J connectivity index is 1.50. The van der Waals surface area contributed by atoms with Crippen LogP contribution < -0.4 is 15.0 Å². The Morgan fingerprint density at radius 1 is 1.05 bits per heavy atom. The average Bonchev–Trinajstić information content (AvgIpc) is 3.15. The number of anilines is 2. The van der Waals surface area contributed by atoms with Crippen molar-refractivity contribution in [2.45, 2.75) is 6.36 Å². The van der Waals surface area contributed by atoms with Crippen molar-refractivity contribution in [2.24, 2.45) is 4.99 Å². The number of aliphatic imine (C=N–C) groups is 1. The summed E-state index contributed by atoms with van der Waals surface area (Å²) in [5.74, 6) is -1.38. The van der Waals surface area contributed by atoms with E-state index >= 15 is 0 Å². The van der Waals surface area contributed by atoms with Crippen molar-refractivity contribution in [1.29, 1.82) is 0 Å². The Labute approximate surface area is 223 Å². The van der Waals surface area contributed by atoms with Gasteiger partial charge in [0.15, 0.2) is 5.17 Å². The lowest BCUT2D eigenvalue weighted by atomic mass is 10.2. The summed E-state index contributed by atoms with van der Waals surface area (Å²) in [6.45, 7) is 0. The van der Waals surface area contributed by atoms with Crippen LogP contribution in [0.2, 0.25) is 10.0 Å². The van der Waals surface area contributed by atoms with Gasteiger partial charge in [0.1, 0.15) is 11.4 Å². The minimum atomic E-state index is -4.81. The first-order valence-corrected chi connectivity index (χ1v) is 12.3. The van der Waals surface area contributed by atoms with Crippen LogP contribution >= 0.6 is 35.0 Å². The topological polar surface area (TPSA) is 71.0 Å². The van der Waals surface area contributed by atoms with E-state index < -0.39 is 23.9 Å². The molecule has 2 amide bonds. The molecule has 3 aromatic carbocycles. The van der Waals surface area contributed by atoms with Crippen molar-refractivity contribution in [3.05, 3.63) is 94.1 Å². The number of halogens is 5. The van der Waals surface area contributed by atoms with Gasteiger partial charge in [0.05, 0.1) is 11.4 Å². The standard InChI is InChI=1S/C25H16Cl2F3N3O3S/c26-16-7-6-15(20(27)13-16)12-21-23(35)33(18-4-2-1-3-5-18)24(32-21)37-14-22(34)31-17-8-10-19(11-9-17)36-25(28,29)30/h1-13H,14H2,(H,31,34). The number of carbonyl (C=O) groups excluding carboxylic acids is 2. The predicted molar refractivity (Wildman–Crippen MR) is 140 cm³/mol. The molecule has 0 fully saturated rings. The fourth-order valence-electron chi connectivity index (χ4n) is 3.23. The first-order chi connectivity index (χ1) is 17.6. The summed E-state index contributed by atoms with van der Waals surface area (Å²) >= 11 is 13.2. The zero-order valence-corrected chi connectivity index (χ0v) is 21.0. The van der Waals surface area contributed by atoms with Crippen LogP contribution in [0.1, 0.15) is 5.56 Å². The summed E-state index contributed by atoms with van der Waals surface area (Å²) < 4.78 is 40.8. The summed E-state index contributed by atoms with van der Waals surface area (Å²) in [4.78, 5) is 31.6. The number of para-hydroxylation sites is 1. The molecule has 190 valence electrons. The maximum absolute atomic E-state index is 13.2. The van der Waals surface area contributed by atoms with Gasteiger partial charge in [-0.2, -0.15) is 0 Å². The van der Waals surface area contributed by atoms with Gasteiger partial charge in [0, 0.05) is 15.7 Å². The van der Waals surface area contributed by atoms with E-state index in [1.165, 1.54) is 23.1 Å². The molecule has 0 saturated carbocycles. The molecule has 0 atom stereocenters. The normalized spacial score (nSPS) is 14.6. The molecule has 37 heavy (non-hydrogen) atoms. The minimum absolute atomic E-state index is 0.120. The first kappa shape index (κ1) is 26.6. The minimum Gasteiger partial charge on any atom is -0.406 e. The Morgan fingerprint density at radius 3 is 2.41 bits per heavy atom. The zero-order chi connectivity index (χ0) is 26.6. The van der Waals surface area contributed by atoms with Gasteiger partial charge in [-0.25, -0.2) is 4.99 Å². The lowest BCUT2D eigenvalue weighted by Gasteiger charge is -2.17. The summed E-state index contributed by atoms with van der Waals surface area (Å²) in [7, 11) is 0. The van der Waals surface area contributed by atoms with Gasteiger partial charge in [0.2, 0.25) is 5.91 Å². The summed E-state index contributed by atoms with van der Waals surface area (Å²) in [5, 5.41) is 3.66. The third kappa shape index (κ3) is 7.06. The molecule has 0 aromatic heterocycles. The van der Waals surface area contributed by atoms with Crippen LogP contribution in [0.25, 0.3) is 6.08 Å². The number of amides is 2. The average molecular weight is 566 g/mol. The van der Waals surface area contributed by atoms with E-state index in [0.717, 1.165) is 23.9 Å². The number of hydrogen-bond donors (Lipinski definition) is 1. The number of carbonyl (C=O) groups is 2. The van der Waals surface area contributed by atoms with Gasteiger partial charge in [-0.05, 0) is 60.2 Å². The van der Waals surface area contributed by atoms with Gasteiger partial charge in [-0.15, -0.1) is 13.2 Å². The second-order valence-corrected chi connectivity index (χ2v) is 9.26. The van der Waals surface area contributed by atoms with E-state index in [1.54, 1.807) is 48.5 Å². The molecule has 1 heterocycles. The number of rotatable bonds is 6. The molecule has 3 aromatic rings. The molecule has 0 unspecified atom stereocenters. The molecular weight excluding hydrogens is 550 g/mol. The van der Waals surface area contributed by atoms with Crippen LogP contribution in [0, 0.1) is 0 Å². The maximum Gasteiger partial charge on any atom is 0.573 e. The molecule has 0 saturated heterocycles. The number of ether oxygens (including phenoxy) is 1. The highest BCUT2D eigenvalue weighted by Gasteiger charge is 2.33. The van der Waals surface area contributed by atoms with Gasteiger partial charge >= 0.3 is 6.36 Å². The highest BCUT2D eigenvalue weighted by molar-refractivity contribution is 8.14. The molecule has 12 heteroatoms. The predicted octanol–water partition coefficient (Wildman–Crippen LogP) is 7.01. The maximum atomic E-state index is 13.2. The summed E-state index contributed by atoms with van der Waals surface area (Å²) in [6.07, 6.45) is -3.27. The molecule has 6 nitrogen and oxygen atoms in total. The number of nitrogens with one attached hydrogen (secondary N) is 1. The van der Waals surface area contributed by atoms with Crippen LogP contribution in [-0.2, 0) is 9.59 Å². The largest absolute Gasteiger partial charge is 0.573 e. The van der Waals surface area contributed by atoms with Crippen molar-refractivity contribution in [3.8, 4) is 5.75 Å². The highest BCUT2D eigenvalue weighted by atomic mass is 35.5. The summed E-state index contributed by atoms with van der Waals surface area (Å²) in [5.41, 5.74) is 1.51. The van der Waals surface area contributed by atoms with Gasteiger partial charge < -0.3 is 10.1 Å². The van der Waals surface area contributed by atoms with E-state index in [1.807, 2.05) is 0 Å². The monoisotopic (exact) mass is 565 g/mol. The fourth-order valence-corrected chi connectivity index (χ4v) is 4.51. The van der Waals surface area contributed by atoms with Gasteiger partial charge in [-0.3, -0.25) is 14.5 Å². The Hall–Kier alpha value is -3.47. The van der Waals surface area contributed by atoms with E-state index in [2.05, 4.69) is 15.0 Å². The van der Waals surface area contributed by atoms with E-state index in [4.69, 9.17) is 23.2 Å². The third-order valence-electron chi connectivity index (χ3n) is 4.80. The number of amidine groups is 1. The number of hydrogen-bond acceptors (Lipinski definition) is 5. The highest BCUT2D eigenvalue weighted by Crippen LogP contribution is 2.31. The molecular formula is C25H16Cl2F3N3O3S. The van der Waals surface area contributed by atoms with Crippen LogP contribution in [0.5, 0.6) is 5.75 Å². The Kier molecular flexibility index (Phi) is 8.11. The van der Waals surface area contributed by atoms with Crippen molar-refractivity contribution >= 4 is 69.4 Å². The SMILES string of the molecule is O=C(CSC1=NC(=Cc2ccc(Cl)cc2Cl)C(=O)N1c1ccccc1)Nc1ccc(OC(F)(F)F)cc1. The Morgan fingerprint density at radius 2 is 1.76 bits per heavy atom. The first-order valence-electron chi connectivity index (χ1n) is 10.5. The van der Waals surface area contributed by atoms with Gasteiger partial charge in [-0.1, -0.05) is 59.2 Å². The second-order valence-electron chi connectivity index (χ2n) is 7.47. The zero-order valence-electron chi connectivity index (χ0n) is 18.6.